The monoisotopic (exact) mass is 451 g/mol. The highest BCUT2D eigenvalue weighted by Gasteiger charge is 2.37. The lowest BCUT2D eigenvalue weighted by atomic mass is 10.0. The lowest BCUT2D eigenvalue weighted by Crippen LogP contribution is -2.43. The Morgan fingerprint density at radius 1 is 0.968 bits per heavy atom. The van der Waals surface area contributed by atoms with E-state index in [-0.39, 0.29) is 18.1 Å². The largest absolute Gasteiger partial charge is 0.467 e. The Morgan fingerprint density at radius 3 is 2.00 bits per heavy atom. The minimum absolute atomic E-state index is 0.0524. The van der Waals surface area contributed by atoms with Crippen molar-refractivity contribution < 1.29 is 45.1 Å². The fourth-order valence-corrected chi connectivity index (χ4v) is 2.77. The molecular weight excluding hydrogens is 435 g/mol. The molecule has 0 radical (unpaired) electrons. The van der Waals surface area contributed by atoms with Crippen molar-refractivity contribution in [3.05, 3.63) is 70.5 Å². The summed E-state index contributed by atoms with van der Waals surface area (Å²) in [5.41, 5.74) is -3.65. The minimum Gasteiger partial charge on any atom is -0.467 e. The van der Waals surface area contributed by atoms with Crippen LogP contribution >= 0.6 is 0 Å². The summed E-state index contributed by atoms with van der Waals surface area (Å²) in [7, 11) is 1.01. The smallest absolute Gasteiger partial charge is 0.416 e. The van der Waals surface area contributed by atoms with Crippen LogP contribution in [0.5, 0.6) is 0 Å². The Kier molecular flexibility index (Phi) is 7.29. The second kappa shape index (κ2) is 9.36. The normalized spacial score (nSPS) is 12.9. The SMILES string of the molecule is COC(=O)[C@H](Cc1ccccc1F)NC(=O)Cc1cc(C(F)(F)F)cc(C(F)(F)F)c1. The second-order valence-electron chi connectivity index (χ2n) is 6.53. The first-order chi connectivity index (χ1) is 14.3. The number of carbonyl (C=O) groups is 2. The first kappa shape index (κ1) is 24.2. The van der Waals surface area contributed by atoms with Crippen LogP contribution in [0.1, 0.15) is 22.3 Å². The van der Waals surface area contributed by atoms with E-state index < -0.39 is 59.2 Å². The van der Waals surface area contributed by atoms with Crippen LogP contribution in [0, 0.1) is 5.82 Å². The van der Waals surface area contributed by atoms with Gasteiger partial charge in [0.15, 0.2) is 0 Å². The third-order valence-electron chi connectivity index (χ3n) is 4.21. The molecular formula is C20H16F7NO3. The van der Waals surface area contributed by atoms with Crippen LogP contribution in [0.2, 0.25) is 0 Å². The zero-order chi connectivity index (χ0) is 23.4. The third-order valence-corrected chi connectivity index (χ3v) is 4.21. The molecule has 0 aliphatic heterocycles. The Balaban J connectivity index is 2.26. The zero-order valence-corrected chi connectivity index (χ0v) is 15.9. The van der Waals surface area contributed by atoms with Crippen LogP contribution in [-0.4, -0.2) is 25.0 Å². The highest BCUT2D eigenvalue weighted by Crippen LogP contribution is 2.36. The average Bonchev–Trinajstić information content (AvgIpc) is 2.66. The molecule has 2 aromatic rings. The van der Waals surface area contributed by atoms with E-state index in [1.807, 2.05) is 0 Å². The van der Waals surface area contributed by atoms with Crippen LogP contribution in [0.25, 0.3) is 0 Å². The van der Waals surface area contributed by atoms with Crippen LogP contribution in [-0.2, 0) is 39.5 Å². The van der Waals surface area contributed by atoms with Crippen LogP contribution in [0.4, 0.5) is 30.7 Å². The van der Waals surface area contributed by atoms with E-state index in [2.05, 4.69) is 10.1 Å². The Labute approximate surface area is 172 Å². The van der Waals surface area contributed by atoms with E-state index in [4.69, 9.17) is 0 Å². The van der Waals surface area contributed by atoms with Gasteiger partial charge in [0, 0.05) is 6.42 Å². The number of nitrogens with one attached hydrogen (secondary N) is 1. The molecule has 4 nitrogen and oxygen atoms in total. The Morgan fingerprint density at radius 2 is 1.52 bits per heavy atom. The van der Waals surface area contributed by atoms with Crippen molar-refractivity contribution in [3.8, 4) is 0 Å². The summed E-state index contributed by atoms with van der Waals surface area (Å²) >= 11 is 0. The van der Waals surface area contributed by atoms with Gasteiger partial charge in [0.1, 0.15) is 11.9 Å². The highest BCUT2D eigenvalue weighted by atomic mass is 19.4. The van der Waals surface area contributed by atoms with Crippen LogP contribution in [0.15, 0.2) is 42.5 Å². The number of hydrogen-bond donors (Lipinski definition) is 1. The van der Waals surface area contributed by atoms with Crippen molar-refractivity contribution in [2.45, 2.75) is 31.2 Å². The standard InChI is InChI=1S/C20H16F7NO3/c1-31-18(30)16(9-12-4-2-3-5-15(12)21)28-17(29)8-11-6-13(19(22,23)24)10-14(7-11)20(25,26)27/h2-7,10,16H,8-9H2,1H3,(H,28,29)/t16-/m0/s1. The number of carbonyl (C=O) groups excluding carboxylic acids is 2. The third kappa shape index (κ3) is 6.69. The van der Waals surface area contributed by atoms with E-state index in [1.165, 1.54) is 18.2 Å². The second-order valence-corrected chi connectivity index (χ2v) is 6.53. The lowest BCUT2D eigenvalue weighted by molar-refractivity contribution is -0.145. The molecule has 11 heteroatoms. The summed E-state index contributed by atoms with van der Waals surface area (Å²) in [5.74, 6) is -2.67. The van der Waals surface area contributed by atoms with Crippen molar-refractivity contribution >= 4 is 11.9 Å². The quantitative estimate of drug-likeness (QED) is 0.526. The maximum absolute atomic E-state index is 13.8. The molecule has 0 unspecified atom stereocenters. The molecule has 0 aromatic heterocycles. The summed E-state index contributed by atoms with van der Waals surface area (Å²) in [6, 6.07) is 4.72. The predicted octanol–water partition coefficient (Wildman–Crippen LogP) is 4.31. The number of hydrogen-bond acceptors (Lipinski definition) is 3. The van der Waals surface area contributed by atoms with Gasteiger partial charge in [-0.1, -0.05) is 18.2 Å². The fourth-order valence-electron chi connectivity index (χ4n) is 2.77. The first-order valence-electron chi connectivity index (χ1n) is 8.70. The summed E-state index contributed by atoms with van der Waals surface area (Å²) in [6.07, 6.45) is -11.3. The summed E-state index contributed by atoms with van der Waals surface area (Å²) in [4.78, 5) is 24.2. The van der Waals surface area contributed by atoms with Gasteiger partial charge in [-0.3, -0.25) is 4.79 Å². The molecule has 1 atom stereocenters. The van der Waals surface area contributed by atoms with Crippen molar-refractivity contribution in [2.75, 3.05) is 7.11 Å². The lowest BCUT2D eigenvalue weighted by Gasteiger charge is -2.18. The van der Waals surface area contributed by atoms with Gasteiger partial charge in [0.2, 0.25) is 5.91 Å². The molecule has 0 saturated heterocycles. The predicted molar refractivity (Wildman–Crippen MR) is 94.2 cm³/mol. The number of benzene rings is 2. The van der Waals surface area contributed by atoms with Crippen molar-refractivity contribution in [2.24, 2.45) is 0 Å². The fraction of sp³-hybridized carbons (Fsp3) is 0.300. The van der Waals surface area contributed by atoms with E-state index in [1.54, 1.807) is 0 Å². The molecule has 2 rings (SSSR count). The molecule has 0 spiro atoms. The Bertz CT molecular complexity index is 922. The number of methoxy groups -OCH3 is 1. The van der Waals surface area contributed by atoms with Gasteiger partial charge < -0.3 is 10.1 Å². The molecule has 1 N–H and O–H groups in total. The molecule has 0 fully saturated rings. The van der Waals surface area contributed by atoms with Crippen molar-refractivity contribution in [1.29, 1.82) is 0 Å². The van der Waals surface area contributed by atoms with Crippen LogP contribution in [0.3, 0.4) is 0 Å². The maximum atomic E-state index is 13.8. The van der Waals surface area contributed by atoms with Gasteiger partial charge >= 0.3 is 18.3 Å². The van der Waals surface area contributed by atoms with Crippen LogP contribution < -0.4 is 5.32 Å². The summed E-state index contributed by atoms with van der Waals surface area (Å²) in [5, 5.41) is 2.17. The Hall–Kier alpha value is -3.11. The van der Waals surface area contributed by atoms with Gasteiger partial charge in [-0.25, -0.2) is 9.18 Å². The van der Waals surface area contributed by atoms with Gasteiger partial charge in [-0.2, -0.15) is 26.3 Å². The molecule has 0 aliphatic rings. The number of amides is 1. The number of rotatable bonds is 6. The van der Waals surface area contributed by atoms with Gasteiger partial charge in [-0.15, -0.1) is 0 Å². The van der Waals surface area contributed by atoms with E-state index >= 15 is 0 Å². The van der Waals surface area contributed by atoms with E-state index in [9.17, 15) is 40.3 Å². The zero-order valence-electron chi connectivity index (χ0n) is 15.9. The molecule has 0 heterocycles. The summed E-state index contributed by atoms with van der Waals surface area (Å²) < 4.78 is 96.1. The van der Waals surface area contributed by atoms with Crippen molar-refractivity contribution in [1.82, 2.24) is 5.32 Å². The topological polar surface area (TPSA) is 55.4 Å². The van der Waals surface area contributed by atoms with E-state index in [0.29, 0.717) is 12.1 Å². The van der Waals surface area contributed by atoms with Gasteiger partial charge in [-0.05, 0) is 35.4 Å². The molecule has 0 aliphatic carbocycles. The number of esters is 1. The highest BCUT2D eigenvalue weighted by molar-refractivity contribution is 5.85. The van der Waals surface area contributed by atoms with Gasteiger partial charge in [0.25, 0.3) is 0 Å². The minimum atomic E-state index is -5.06. The first-order valence-corrected chi connectivity index (χ1v) is 8.70. The number of alkyl halides is 6. The summed E-state index contributed by atoms with van der Waals surface area (Å²) in [6.45, 7) is 0. The van der Waals surface area contributed by atoms with E-state index in [0.717, 1.165) is 13.2 Å². The average molecular weight is 451 g/mol. The molecule has 0 bridgehead atoms. The molecule has 0 saturated carbocycles. The maximum Gasteiger partial charge on any atom is 0.416 e. The molecule has 168 valence electrons. The molecule has 2 aromatic carbocycles. The number of ether oxygens (including phenoxy) is 1. The molecule has 31 heavy (non-hydrogen) atoms. The van der Waals surface area contributed by atoms with Gasteiger partial charge in [0.05, 0.1) is 24.7 Å². The van der Waals surface area contributed by atoms with Crippen molar-refractivity contribution in [3.63, 3.8) is 0 Å². The number of halogens is 7. The molecule has 1 amide bonds.